The smallest absolute Gasteiger partial charge is 0.249 e. The van der Waals surface area contributed by atoms with Crippen LogP contribution in [0, 0.1) is 0 Å². The maximum Gasteiger partial charge on any atom is 0.249 e. The molecular formula is C61H117NO10. The molecule has 1 saturated heterocycles. The van der Waals surface area contributed by atoms with Crippen LogP contribution in [0.15, 0.2) is 24.3 Å². The predicted octanol–water partition coefficient (Wildman–Crippen LogP) is 13.3. The fourth-order valence-corrected chi connectivity index (χ4v) is 9.99. The lowest BCUT2D eigenvalue weighted by Gasteiger charge is -2.40. The number of unbranched alkanes of at least 4 members (excludes halogenated alkanes) is 37. The lowest BCUT2D eigenvalue weighted by Crippen LogP contribution is -2.60. The quantitative estimate of drug-likeness (QED) is 0.0215. The Labute approximate surface area is 442 Å². The van der Waals surface area contributed by atoms with Crippen LogP contribution in [-0.2, 0) is 14.3 Å². The zero-order valence-electron chi connectivity index (χ0n) is 46.7. The van der Waals surface area contributed by atoms with Gasteiger partial charge in [0.05, 0.1) is 25.4 Å². The summed E-state index contributed by atoms with van der Waals surface area (Å²) in [6.45, 7) is 3.48. The van der Waals surface area contributed by atoms with Gasteiger partial charge in [0, 0.05) is 0 Å². The van der Waals surface area contributed by atoms with Gasteiger partial charge in [0.2, 0.25) is 5.91 Å². The van der Waals surface area contributed by atoms with Crippen LogP contribution in [0.4, 0.5) is 0 Å². The van der Waals surface area contributed by atoms with Crippen LogP contribution in [0.5, 0.6) is 0 Å². The van der Waals surface area contributed by atoms with E-state index < -0.39 is 74.2 Å². The number of rotatable bonds is 53. The van der Waals surface area contributed by atoms with Crippen LogP contribution in [0.2, 0.25) is 0 Å². The number of aliphatic hydroxyl groups is 7. The number of amides is 1. The number of hydrogen-bond acceptors (Lipinski definition) is 10. The van der Waals surface area contributed by atoms with Gasteiger partial charge in [0.25, 0.3) is 0 Å². The molecule has 0 radical (unpaired) electrons. The average molecular weight is 1020 g/mol. The molecule has 9 unspecified atom stereocenters. The predicted molar refractivity (Wildman–Crippen MR) is 298 cm³/mol. The summed E-state index contributed by atoms with van der Waals surface area (Å²) in [6.07, 6.45) is 49.5. The number of ether oxygens (including phenoxy) is 2. The summed E-state index contributed by atoms with van der Waals surface area (Å²) in [4.78, 5) is 13.2. The van der Waals surface area contributed by atoms with Crippen LogP contribution in [0.1, 0.15) is 290 Å². The van der Waals surface area contributed by atoms with Gasteiger partial charge in [0.15, 0.2) is 6.29 Å². The summed E-state index contributed by atoms with van der Waals surface area (Å²) in [5, 5.41) is 76.2. The van der Waals surface area contributed by atoms with E-state index in [-0.39, 0.29) is 12.8 Å². The highest BCUT2D eigenvalue weighted by Gasteiger charge is 2.44. The maximum atomic E-state index is 13.2. The second-order valence-corrected chi connectivity index (χ2v) is 21.8. The standard InChI is InChI=1S/C61H117NO10/c1-3-5-7-9-11-13-15-17-19-21-23-25-26-27-29-30-32-34-36-38-40-42-44-46-48-53(64)56(66)52(51-71-61-59(69)58(68)57(67)55(50-63)72-61)62-60(70)54(65)49-47-45-43-41-39-37-35-33-31-28-24-22-20-18-16-14-12-10-8-6-4-2/h32,34,40,42,52-59,61,63-69H,3-31,33,35-39,41,43-51H2,1-2H3,(H,62,70)/b34-32+,42-40+. The second kappa shape index (κ2) is 50.4. The highest BCUT2D eigenvalue weighted by Crippen LogP contribution is 2.23. The number of aliphatic hydroxyl groups excluding tert-OH is 7. The highest BCUT2D eigenvalue weighted by molar-refractivity contribution is 5.80. The van der Waals surface area contributed by atoms with Gasteiger partial charge in [-0.2, -0.15) is 0 Å². The summed E-state index contributed by atoms with van der Waals surface area (Å²) in [7, 11) is 0. The summed E-state index contributed by atoms with van der Waals surface area (Å²) < 4.78 is 11.1. The third kappa shape index (κ3) is 38.2. The molecule has 11 nitrogen and oxygen atoms in total. The summed E-state index contributed by atoms with van der Waals surface area (Å²) in [5.41, 5.74) is 0. The number of hydrogen-bond donors (Lipinski definition) is 8. The third-order valence-electron chi connectivity index (χ3n) is 15.0. The van der Waals surface area contributed by atoms with Crippen molar-refractivity contribution in [3.8, 4) is 0 Å². The lowest BCUT2D eigenvalue weighted by molar-refractivity contribution is -0.303. The zero-order chi connectivity index (χ0) is 52.5. The minimum Gasteiger partial charge on any atom is -0.394 e. The van der Waals surface area contributed by atoms with E-state index in [0.717, 1.165) is 38.5 Å². The summed E-state index contributed by atoms with van der Waals surface area (Å²) in [5.74, 6) is -0.705. The number of carbonyl (C=O) groups excluding carboxylic acids is 1. The van der Waals surface area contributed by atoms with Crippen molar-refractivity contribution in [3.05, 3.63) is 24.3 Å². The van der Waals surface area contributed by atoms with Crippen molar-refractivity contribution >= 4 is 5.91 Å². The average Bonchev–Trinajstić information content (AvgIpc) is 3.38. The number of nitrogens with one attached hydrogen (secondary N) is 1. The van der Waals surface area contributed by atoms with Crippen molar-refractivity contribution < 1.29 is 50.0 Å². The Bertz CT molecular complexity index is 1220. The Kier molecular flexibility index (Phi) is 48.0. The molecular weight excluding hydrogens is 907 g/mol. The van der Waals surface area contributed by atoms with E-state index in [9.17, 15) is 40.5 Å². The van der Waals surface area contributed by atoms with Gasteiger partial charge in [-0.25, -0.2) is 0 Å². The lowest BCUT2D eigenvalue weighted by atomic mass is 9.98. The van der Waals surface area contributed by atoms with Gasteiger partial charge in [0.1, 0.15) is 36.6 Å². The fourth-order valence-electron chi connectivity index (χ4n) is 9.99. The Morgan fingerprint density at radius 3 is 1.24 bits per heavy atom. The topological polar surface area (TPSA) is 189 Å². The first-order valence-corrected chi connectivity index (χ1v) is 30.7. The molecule has 1 heterocycles. The Balaban J connectivity index is 2.31. The van der Waals surface area contributed by atoms with Crippen molar-refractivity contribution in [2.45, 2.75) is 345 Å². The van der Waals surface area contributed by atoms with E-state index in [1.165, 1.54) is 205 Å². The molecule has 1 amide bonds. The monoisotopic (exact) mass is 1020 g/mol. The molecule has 9 atom stereocenters. The van der Waals surface area contributed by atoms with Crippen molar-refractivity contribution in [1.29, 1.82) is 0 Å². The van der Waals surface area contributed by atoms with E-state index in [0.29, 0.717) is 19.3 Å². The molecule has 1 fully saturated rings. The molecule has 0 aromatic carbocycles. The van der Waals surface area contributed by atoms with E-state index in [4.69, 9.17) is 9.47 Å². The largest absolute Gasteiger partial charge is 0.394 e. The zero-order valence-corrected chi connectivity index (χ0v) is 46.7. The molecule has 11 heteroatoms. The van der Waals surface area contributed by atoms with Crippen LogP contribution in [0.25, 0.3) is 0 Å². The van der Waals surface area contributed by atoms with E-state index in [1.807, 2.05) is 0 Å². The van der Waals surface area contributed by atoms with Gasteiger partial charge in [-0.15, -0.1) is 0 Å². The molecule has 0 spiro atoms. The Morgan fingerprint density at radius 2 is 0.833 bits per heavy atom. The van der Waals surface area contributed by atoms with Crippen LogP contribution in [-0.4, -0.2) is 110 Å². The maximum absolute atomic E-state index is 13.2. The summed E-state index contributed by atoms with van der Waals surface area (Å²) >= 11 is 0. The molecule has 0 aromatic heterocycles. The van der Waals surface area contributed by atoms with Gasteiger partial charge < -0.3 is 50.5 Å². The van der Waals surface area contributed by atoms with Crippen molar-refractivity contribution in [2.75, 3.05) is 13.2 Å². The van der Waals surface area contributed by atoms with E-state index in [2.05, 4.69) is 43.5 Å². The Hall–Kier alpha value is -1.41. The van der Waals surface area contributed by atoms with Gasteiger partial charge in [-0.3, -0.25) is 4.79 Å². The van der Waals surface area contributed by atoms with E-state index in [1.54, 1.807) is 0 Å². The third-order valence-corrected chi connectivity index (χ3v) is 15.0. The van der Waals surface area contributed by atoms with Crippen LogP contribution < -0.4 is 5.32 Å². The van der Waals surface area contributed by atoms with Gasteiger partial charge >= 0.3 is 0 Å². The highest BCUT2D eigenvalue weighted by atomic mass is 16.7. The molecule has 0 aromatic rings. The molecule has 1 rings (SSSR count). The molecule has 0 bridgehead atoms. The molecule has 0 aliphatic carbocycles. The molecule has 0 saturated carbocycles. The van der Waals surface area contributed by atoms with Gasteiger partial charge in [-0.1, -0.05) is 263 Å². The van der Waals surface area contributed by atoms with Crippen molar-refractivity contribution in [1.82, 2.24) is 5.32 Å². The van der Waals surface area contributed by atoms with Crippen molar-refractivity contribution in [2.24, 2.45) is 0 Å². The molecule has 1 aliphatic heterocycles. The first kappa shape index (κ1) is 68.6. The molecule has 72 heavy (non-hydrogen) atoms. The first-order chi connectivity index (χ1) is 35.2. The Morgan fingerprint density at radius 1 is 0.472 bits per heavy atom. The summed E-state index contributed by atoms with van der Waals surface area (Å²) in [6, 6.07) is -1.19. The van der Waals surface area contributed by atoms with Crippen LogP contribution >= 0.6 is 0 Å². The second-order valence-electron chi connectivity index (χ2n) is 21.8. The van der Waals surface area contributed by atoms with Crippen LogP contribution in [0.3, 0.4) is 0 Å². The minimum absolute atomic E-state index is 0.249. The molecule has 1 aliphatic rings. The minimum atomic E-state index is -1.67. The number of allylic oxidation sites excluding steroid dienone is 4. The fraction of sp³-hybridized carbons (Fsp3) is 0.918. The normalized spacial score (nSPS) is 20.2. The molecule has 8 N–H and O–H groups in total. The van der Waals surface area contributed by atoms with Gasteiger partial charge in [-0.05, 0) is 51.4 Å². The SMILES string of the molecule is CCCCCCCCCCCCCCCCC/C=C/CC/C=C/CCCC(O)C(O)C(COC1OC(CO)C(O)C(O)C1O)NC(=O)C(O)CCCCCCCCCCCCCCCCCCCCCCC. The number of carbonyl (C=O) groups is 1. The first-order valence-electron chi connectivity index (χ1n) is 30.7. The van der Waals surface area contributed by atoms with E-state index >= 15 is 0 Å². The molecule has 426 valence electrons. The van der Waals surface area contributed by atoms with Crippen molar-refractivity contribution in [3.63, 3.8) is 0 Å².